The predicted octanol–water partition coefficient (Wildman–Crippen LogP) is 2.16. The summed E-state index contributed by atoms with van der Waals surface area (Å²) in [5, 5.41) is 16.0. The van der Waals surface area contributed by atoms with E-state index in [1.807, 2.05) is 0 Å². The molecule has 0 unspecified atom stereocenters. The fraction of sp³-hybridized carbons (Fsp3) is 0. The number of halogens is 2. The van der Waals surface area contributed by atoms with Crippen LogP contribution >= 0.6 is 23.2 Å². The number of H-pyrrole nitrogens is 1. The monoisotopic (exact) mass is 283 g/mol. The van der Waals surface area contributed by atoms with E-state index in [2.05, 4.69) is 25.9 Å². The highest BCUT2D eigenvalue weighted by Gasteiger charge is 2.01. The van der Waals surface area contributed by atoms with E-state index in [1.165, 1.54) is 6.08 Å². The number of hydrogen-bond donors (Lipinski definition) is 2. The Kier molecular flexibility index (Phi) is 3.91. The summed E-state index contributed by atoms with van der Waals surface area (Å²) in [5.74, 6) is -0.263. The maximum atomic E-state index is 11.5. The molecule has 0 bridgehead atoms. The lowest BCUT2D eigenvalue weighted by Crippen LogP contribution is -2.09. The van der Waals surface area contributed by atoms with Gasteiger partial charge in [0.05, 0.1) is 10.0 Å². The van der Waals surface area contributed by atoms with Crippen molar-refractivity contribution in [1.82, 2.24) is 20.6 Å². The zero-order valence-electron chi connectivity index (χ0n) is 8.89. The molecule has 6 nitrogen and oxygen atoms in total. The standard InChI is InChI=1S/C10H7Cl2N5O/c11-7-3-1-6(5-8(7)12)2-4-9(18)13-10-14-16-17-15-10/h1-5H,(H2,13,14,15,16,17,18). The normalized spacial score (nSPS) is 10.8. The van der Waals surface area contributed by atoms with Gasteiger partial charge in [0.15, 0.2) is 0 Å². The Hall–Kier alpha value is -1.92. The fourth-order valence-electron chi connectivity index (χ4n) is 1.15. The smallest absolute Gasteiger partial charge is 0.270 e. The van der Waals surface area contributed by atoms with Crippen molar-refractivity contribution in [1.29, 1.82) is 0 Å². The summed E-state index contributed by atoms with van der Waals surface area (Å²) in [6, 6.07) is 5.05. The number of tetrazole rings is 1. The highest BCUT2D eigenvalue weighted by atomic mass is 35.5. The van der Waals surface area contributed by atoms with Crippen molar-refractivity contribution in [2.45, 2.75) is 0 Å². The minimum atomic E-state index is -0.373. The average Bonchev–Trinajstić information content (AvgIpc) is 2.83. The van der Waals surface area contributed by atoms with Crippen LogP contribution in [0.4, 0.5) is 5.95 Å². The number of carbonyl (C=O) groups is 1. The van der Waals surface area contributed by atoms with Crippen LogP contribution in [-0.2, 0) is 4.79 Å². The summed E-state index contributed by atoms with van der Waals surface area (Å²) in [4.78, 5) is 11.5. The van der Waals surface area contributed by atoms with Gasteiger partial charge in [-0.05, 0) is 29.0 Å². The third kappa shape index (κ3) is 3.28. The van der Waals surface area contributed by atoms with E-state index in [4.69, 9.17) is 23.2 Å². The van der Waals surface area contributed by atoms with Gasteiger partial charge in [-0.2, -0.15) is 5.21 Å². The van der Waals surface area contributed by atoms with Gasteiger partial charge < -0.3 is 0 Å². The van der Waals surface area contributed by atoms with Crippen LogP contribution in [-0.4, -0.2) is 26.5 Å². The summed E-state index contributed by atoms with van der Waals surface area (Å²) in [6.45, 7) is 0. The molecular weight excluding hydrogens is 277 g/mol. The number of amides is 1. The van der Waals surface area contributed by atoms with E-state index < -0.39 is 0 Å². The second-order valence-electron chi connectivity index (χ2n) is 3.23. The maximum Gasteiger partial charge on any atom is 0.270 e. The molecule has 0 aliphatic rings. The molecule has 0 saturated heterocycles. The Bertz CT molecular complexity index is 582. The Morgan fingerprint density at radius 2 is 2.17 bits per heavy atom. The minimum absolute atomic E-state index is 0.110. The Morgan fingerprint density at radius 1 is 1.33 bits per heavy atom. The van der Waals surface area contributed by atoms with Gasteiger partial charge in [-0.25, -0.2) is 0 Å². The van der Waals surface area contributed by atoms with Gasteiger partial charge in [0, 0.05) is 6.08 Å². The minimum Gasteiger partial charge on any atom is -0.288 e. The lowest BCUT2D eigenvalue weighted by atomic mass is 10.2. The Morgan fingerprint density at radius 3 is 2.83 bits per heavy atom. The lowest BCUT2D eigenvalue weighted by molar-refractivity contribution is -0.111. The summed E-state index contributed by atoms with van der Waals surface area (Å²) < 4.78 is 0. The topological polar surface area (TPSA) is 83.6 Å². The maximum absolute atomic E-state index is 11.5. The average molecular weight is 284 g/mol. The van der Waals surface area contributed by atoms with Crippen LogP contribution in [0.3, 0.4) is 0 Å². The van der Waals surface area contributed by atoms with E-state index in [1.54, 1.807) is 24.3 Å². The van der Waals surface area contributed by atoms with Crippen LogP contribution in [0.15, 0.2) is 24.3 Å². The predicted molar refractivity (Wildman–Crippen MR) is 68.3 cm³/mol. The number of carbonyl (C=O) groups excluding carboxylic acids is 1. The first-order valence-corrected chi connectivity index (χ1v) is 5.58. The van der Waals surface area contributed by atoms with Crippen molar-refractivity contribution in [3.05, 3.63) is 39.9 Å². The molecule has 18 heavy (non-hydrogen) atoms. The number of hydrogen-bond acceptors (Lipinski definition) is 4. The van der Waals surface area contributed by atoms with Crippen molar-refractivity contribution < 1.29 is 4.79 Å². The molecule has 1 heterocycles. The second kappa shape index (κ2) is 5.61. The summed E-state index contributed by atoms with van der Waals surface area (Å²) >= 11 is 11.6. The van der Waals surface area contributed by atoms with Gasteiger partial charge in [-0.1, -0.05) is 34.4 Å². The summed E-state index contributed by atoms with van der Waals surface area (Å²) in [7, 11) is 0. The highest BCUT2D eigenvalue weighted by Crippen LogP contribution is 2.23. The fourth-order valence-corrected chi connectivity index (χ4v) is 1.46. The third-order valence-electron chi connectivity index (χ3n) is 1.95. The van der Waals surface area contributed by atoms with E-state index in [-0.39, 0.29) is 11.9 Å². The van der Waals surface area contributed by atoms with E-state index in [0.717, 1.165) is 5.56 Å². The molecular formula is C10H7Cl2N5O. The Balaban J connectivity index is 2.01. The first-order chi connectivity index (χ1) is 8.65. The first kappa shape index (κ1) is 12.5. The van der Waals surface area contributed by atoms with Gasteiger partial charge in [0.1, 0.15) is 0 Å². The van der Waals surface area contributed by atoms with Crippen LogP contribution in [0, 0.1) is 0 Å². The van der Waals surface area contributed by atoms with Crippen LogP contribution in [0.2, 0.25) is 10.0 Å². The number of aromatic amines is 1. The SMILES string of the molecule is O=C(C=Cc1ccc(Cl)c(Cl)c1)Nc1nn[nH]n1. The van der Waals surface area contributed by atoms with Crippen molar-refractivity contribution in [2.75, 3.05) is 5.32 Å². The summed E-state index contributed by atoms with van der Waals surface area (Å²) in [6.07, 6.45) is 2.92. The van der Waals surface area contributed by atoms with E-state index >= 15 is 0 Å². The molecule has 92 valence electrons. The largest absolute Gasteiger partial charge is 0.288 e. The molecule has 2 N–H and O–H groups in total. The van der Waals surface area contributed by atoms with Crippen LogP contribution in [0.5, 0.6) is 0 Å². The lowest BCUT2D eigenvalue weighted by Gasteiger charge is -1.97. The molecule has 0 atom stereocenters. The molecule has 1 amide bonds. The van der Waals surface area contributed by atoms with Crippen molar-refractivity contribution in [2.24, 2.45) is 0 Å². The molecule has 2 aromatic rings. The Labute approximate surface area is 112 Å². The van der Waals surface area contributed by atoms with Crippen molar-refractivity contribution >= 4 is 41.1 Å². The molecule has 0 aliphatic heterocycles. The number of nitrogens with one attached hydrogen (secondary N) is 2. The molecule has 0 fully saturated rings. The van der Waals surface area contributed by atoms with Crippen molar-refractivity contribution in [3.63, 3.8) is 0 Å². The van der Waals surface area contributed by atoms with Gasteiger partial charge in [-0.15, -0.1) is 5.10 Å². The zero-order valence-corrected chi connectivity index (χ0v) is 10.4. The van der Waals surface area contributed by atoms with Gasteiger partial charge in [-0.3, -0.25) is 10.1 Å². The molecule has 1 aromatic heterocycles. The molecule has 0 radical (unpaired) electrons. The van der Waals surface area contributed by atoms with E-state index in [9.17, 15) is 4.79 Å². The van der Waals surface area contributed by atoms with Gasteiger partial charge in [0.2, 0.25) is 0 Å². The molecule has 0 aliphatic carbocycles. The summed E-state index contributed by atoms with van der Waals surface area (Å²) in [5.41, 5.74) is 0.757. The second-order valence-corrected chi connectivity index (χ2v) is 4.05. The number of rotatable bonds is 3. The number of nitrogens with zero attached hydrogens (tertiary/aromatic N) is 3. The zero-order chi connectivity index (χ0) is 13.0. The van der Waals surface area contributed by atoms with E-state index in [0.29, 0.717) is 10.0 Å². The molecule has 2 rings (SSSR count). The third-order valence-corrected chi connectivity index (χ3v) is 2.69. The number of anilines is 1. The van der Waals surface area contributed by atoms with Crippen LogP contribution in [0.1, 0.15) is 5.56 Å². The van der Waals surface area contributed by atoms with Gasteiger partial charge in [0.25, 0.3) is 11.9 Å². The highest BCUT2D eigenvalue weighted by molar-refractivity contribution is 6.42. The van der Waals surface area contributed by atoms with Crippen molar-refractivity contribution in [3.8, 4) is 0 Å². The van der Waals surface area contributed by atoms with Gasteiger partial charge >= 0.3 is 0 Å². The molecule has 0 saturated carbocycles. The number of benzene rings is 1. The number of aromatic nitrogens is 4. The first-order valence-electron chi connectivity index (χ1n) is 4.83. The van der Waals surface area contributed by atoms with Crippen LogP contribution in [0.25, 0.3) is 6.08 Å². The molecule has 1 aromatic carbocycles. The molecule has 0 spiro atoms. The van der Waals surface area contributed by atoms with Crippen LogP contribution < -0.4 is 5.32 Å². The molecule has 8 heteroatoms. The quantitative estimate of drug-likeness (QED) is 0.846.